The molecule has 1 fully saturated rings. The van der Waals surface area contributed by atoms with Gasteiger partial charge in [-0.2, -0.15) is 0 Å². The molecule has 3 rings (SSSR count). The van der Waals surface area contributed by atoms with Gasteiger partial charge in [0.15, 0.2) is 5.52 Å². The first-order valence-corrected chi connectivity index (χ1v) is 8.17. The molecule has 0 spiro atoms. The molecule has 1 N–H and O–H groups in total. The third-order valence-electron chi connectivity index (χ3n) is 4.92. The fourth-order valence-corrected chi connectivity index (χ4v) is 3.20. The summed E-state index contributed by atoms with van der Waals surface area (Å²) in [6, 6.07) is 3.63. The van der Waals surface area contributed by atoms with Gasteiger partial charge in [-0.05, 0) is 59.2 Å². The smallest absolute Gasteiger partial charge is 0.290 e. The van der Waals surface area contributed by atoms with Crippen molar-refractivity contribution in [1.82, 2.24) is 24.3 Å². The number of aromatic nitrogens is 3. The number of piperidine rings is 1. The molecule has 2 aromatic heterocycles. The zero-order valence-electron chi connectivity index (χ0n) is 14.9. The highest BCUT2D eigenvalue weighted by molar-refractivity contribution is 5.71. The number of likely N-dealkylation sites (N-methyl/N-ethyl adjacent to an activating group) is 1. The van der Waals surface area contributed by atoms with Gasteiger partial charge in [-0.1, -0.05) is 0 Å². The largest absolute Gasteiger partial charge is 0.483 e. The van der Waals surface area contributed by atoms with Gasteiger partial charge in [0, 0.05) is 18.3 Å². The molecule has 136 valence electrons. The van der Waals surface area contributed by atoms with Crippen molar-refractivity contribution in [3.05, 3.63) is 35.0 Å². The molecule has 0 atom stereocenters. The van der Waals surface area contributed by atoms with E-state index in [4.69, 9.17) is 9.90 Å². The summed E-state index contributed by atoms with van der Waals surface area (Å²) in [5.41, 5.74) is 1.06. The third kappa shape index (κ3) is 4.21. The predicted molar refractivity (Wildman–Crippen MR) is 95.6 cm³/mol. The van der Waals surface area contributed by atoms with Crippen LogP contribution in [0.25, 0.3) is 11.0 Å². The van der Waals surface area contributed by atoms with Crippen LogP contribution in [0.1, 0.15) is 12.8 Å². The first-order valence-electron chi connectivity index (χ1n) is 8.17. The lowest BCUT2D eigenvalue weighted by Crippen LogP contribution is -2.55. The second-order valence-corrected chi connectivity index (χ2v) is 6.58. The fourth-order valence-electron chi connectivity index (χ4n) is 3.20. The van der Waals surface area contributed by atoms with E-state index in [0.29, 0.717) is 17.6 Å². The number of nitrogens with zero attached hydrogens (tertiary/aromatic N) is 5. The van der Waals surface area contributed by atoms with Crippen molar-refractivity contribution < 1.29 is 9.90 Å². The summed E-state index contributed by atoms with van der Waals surface area (Å²) in [4.78, 5) is 34.2. The molecule has 3 heterocycles. The summed E-state index contributed by atoms with van der Waals surface area (Å²) in [5.74, 6) is 0. The van der Waals surface area contributed by atoms with Crippen LogP contribution in [0.2, 0.25) is 0 Å². The lowest BCUT2D eigenvalue weighted by molar-refractivity contribution is -0.122. The molecule has 0 aromatic carbocycles. The molecule has 0 aliphatic carbocycles. The molecule has 1 aliphatic heterocycles. The summed E-state index contributed by atoms with van der Waals surface area (Å²) in [6.45, 7) is 2.50. The number of hydrogen-bond acceptors (Lipinski definition) is 6. The normalized spacial score (nSPS) is 17.1. The molecule has 0 unspecified atom stereocenters. The van der Waals surface area contributed by atoms with Gasteiger partial charge >= 0.3 is 0 Å². The molecule has 0 amide bonds. The second kappa shape index (κ2) is 8.17. The first kappa shape index (κ1) is 19.0. The Morgan fingerprint density at radius 2 is 1.96 bits per heavy atom. The number of pyridine rings is 1. The van der Waals surface area contributed by atoms with Gasteiger partial charge in [-0.3, -0.25) is 14.2 Å². The lowest BCUT2D eigenvalue weighted by atomic mass is 9.86. The van der Waals surface area contributed by atoms with Gasteiger partial charge in [-0.15, -0.1) is 0 Å². The first-order chi connectivity index (χ1) is 11.9. The van der Waals surface area contributed by atoms with E-state index in [9.17, 15) is 4.79 Å². The average molecular weight is 347 g/mol. The van der Waals surface area contributed by atoms with Crippen molar-refractivity contribution in [2.75, 3.05) is 34.2 Å². The van der Waals surface area contributed by atoms with E-state index >= 15 is 0 Å². The average Bonchev–Trinajstić information content (AvgIpc) is 2.60. The lowest BCUT2D eigenvalue weighted by Gasteiger charge is -2.45. The number of carbonyl (C=O) groups is 1. The van der Waals surface area contributed by atoms with E-state index in [1.54, 1.807) is 23.2 Å². The Morgan fingerprint density at radius 3 is 2.56 bits per heavy atom. The standard InChI is InChI=1S/C16H23N5O.CH2O2/c1-19(2)16(6-9-20(3)10-7-16)11-21-12-18-13-5-4-8-17-14(13)15(21)22;2-1-3/h4-5,8,12H,6-7,9-11H2,1-3H3;1H,(H,2,3). The Balaban J connectivity index is 0.000000701. The predicted octanol–water partition coefficient (Wildman–Crippen LogP) is 0.518. The summed E-state index contributed by atoms with van der Waals surface area (Å²) >= 11 is 0. The Hall–Kier alpha value is -2.32. The zero-order chi connectivity index (χ0) is 18.4. The molecular weight excluding hydrogens is 322 g/mol. The van der Waals surface area contributed by atoms with Crippen LogP contribution in [0.4, 0.5) is 0 Å². The van der Waals surface area contributed by atoms with E-state index < -0.39 is 0 Å². The maximum absolute atomic E-state index is 12.7. The molecule has 2 aromatic rings. The van der Waals surface area contributed by atoms with Crippen LogP contribution in [0, 0.1) is 0 Å². The van der Waals surface area contributed by atoms with Gasteiger partial charge in [0.1, 0.15) is 0 Å². The van der Waals surface area contributed by atoms with E-state index in [-0.39, 0.29) is 17.6 Å². The third-order valence-corrected chi connectivity index (χ3v) is 4.92. The van der Waals surface area contributed by atoms with Gasteiger partial charge in [0.25, 0.3) is 12.0 Å². The quantitative estimate of drug-likeness (QED) is 0.809. The monoisotopic (exact) mass is 347 g/mol. The summed E-state index contributed by atoms with van der Waals surface area (Å²) in [5, 5.41) is 6.89. The number of carboxylic acid groups (broad SMARTS) is 1. The van der Waals surface area contributed by atoms with Crippen LogP contribution < -0.4 is 5.56 Å². The van der Waals surface area contributed by atoms with E-state index in [1.165, 1.54) is 0 Å². The maximum Gasteiger partial charge on any atom is 0.290 e. The molecule has 1 aliphatic rings. The van der Waals surface area contributed by atoms with Crippen LogP contribution in [-0.2, 0) is 11.3 Å². The maximum atomic E-state index is 12.7. The van der Waals surface area contributed by atoms with Crippen LogP contribution >= 0.6 is 0 Å². The zero-order valence-corrected chi connectivity index (χ0v) is 14.9. The second-order valence-electron chi connectivity index (χ2n) is 6.58. The topological polar surface area (TPSA) is 91.6 Å². The molecule has 25 heavy (non-hydrogen) atoms. The molecular formula is C17H25N5O3. The SMILES string of the molecule is CN1CCC(Cn2cnc3cccnc3c2=O)(N(C)C)CC1.O=CO. The summed E-state index contributed by atoms with van der Waals surface area (Å²) < 4.78 is 1.72. The summed E-state index contributed by atoms with van der Waals surface area (Å²) in [7, 11) is 6.35. The van der Waals surface area contributed by atoms with E-state index in [1.807, 2.05) is 6.07 Å². The number of fused-ring (bicyclic) bond motifs is 1. The highest BCUT2D eigenvalue weighted by atomic mass is 16.3. The van der Waals surface area contributed by atoms with E-state index in [2.05, 4.69) is 40.9 Å². The van der Waals surface area contributed by atoms with Gasteiger partial charge < -0.3 is 14.9 Å². The van der Waals surface area contributed by atoms with Gasteiger partial charge in [-0.25, -0.2) is 9.97 Å². The minimum Gasteiger partial charge on any atom is -0.483 e. The van der Waals surface area contributed by atoms with Crippen molar-refractivity contribution >= 4 is 17.5 Å². The molecule has 8 nitrogen and oxygen atoms in total. The number of likely N-dealkylation sites (tertiary alicyclic amines) is 1. The van der Waals surface area contributed by atoms with Gasteiger partial charge in [0.2, 0.25) is 0 Å². The fraction of sp³-hybridized carbons (Fsp3) is 0.529. The minimum atomic E-state index is -0.250. The van der Waals surface area contributed by atoms with Crippen LogP contribution in [0.5, 0.6) is 0 Å². The van der Waals surface area contributed by atoms with E-state index in [0.717, 1.165) is 25.9 Å². The molecule has 0 radical (unpaired) electrons. The molecule has 0 bridgehead atoms. The van der Waals surface area contributed by atoms with Crippen LogP contribution in [0.15, 0.2) is 29.5 Å². The molecule has 1 saturated heterocycles. The Kier molecular flexibility index (Phi) is 6.22. The van der Waals surface area contributed by atoms with Crippen LogP contribution in [-0.4, -0.2) is 75.7 Å². The Bertz CT molecular complexity index is 766. The van der Waals surface area contributed by atoms with Crippen molar-refractivity contribution in [2.24, 2.45) is 0 Å². The van der Waals surface area contributed by atoms with Crippen molar-refractivity contribution in [3.63, 3.8) is 0 Å². The summed E-state index contributed by atoms with van der Waals surface area (Å²) in [6.07, 6.45) is 5.40. The Morgan fingerprint density at radius 1 is 1.32 bits per heavy atom. The number of rotatable bonds is 3. The minimum absolute atomic E-state index is 0.000470. The van der Waals surface area contributed by atoms with Crippen molar-refractivity contribution in [2.45, 2.75) is 24.9 Å². The van der Waals surface area contributed by atoms with Crippen molar-refractivity contribution in [1.29, 1.82) is 0 Å². The van der Waals surface area contributed by atoms with Crippen LogP contribution in [0.3, 0.4) is 0 Å². The highest BCUT2D eigenvalue weighted by Gasteiger charge is 2.36. The molecule has 8 heteroatoms. The Labute approximate surface area is 146 Å². The molecule has 0 saturated carbocycles. The number of hydrogen-bond donors (Lipinski definition) is 1. The van der Waals surface area contributed by atoms with Crippen molar-refractivity contribution in [3.8, 4) is 0 Å². The van der Waals surface area contributed by atoms with Gasteiger partial charge in [0.05, 0.1) is 11.8 Å². The highest BCUT2D eigenvalue weighted by Crippen LogP contribution is 2.28.